The number of nitrogens with zero attached hydrogens (tertiary/aromatic N) is 1. The Labute approximate surface area is 119 Å². The summed E-state index contributed by atoms with van der Waals surface area (Å²) in [5.41, 5.74) is 3.59. The molecule has 5 nitrogen and oxygen atoms in total. The lowest BCUT2D eigenvalue weighted by atomic mass is 9.55. The van der Waals surface area contributed by atoms with Gasteiger partial charge in [0.15, 0.2) is 0 Å². The summed E-state index contributed by atoms with van der Waals surface area (Å²) in [4.78, 5) is 23.2. The molecule has 0 aliphatic heterocycles. The normalized spacial score (nSPS) is 34.2. The number of hydrogen-bond donors (Lipinski definition) is 2. The molecule has 0 aromatic carbocycles. The van der Waals surface area contributed by atoms with Crippen molar-refractivity contribution in [1.82, 2.24) is 10.7 Å². The van der Waals surface area contributed by atoms with Gasteiger partial charge in [0.1, 0.15) is 0 Å². The van der Waals surface area contributed by atoms with Gasteiger partial charge in [0, 0.05) is 11.8 Å². The first-order valence-electron chi connectivity index (χ1n) is 7.71. The molecule has 4 aliphatic carbocycles. The molecule has 4 saturated carbocycles. The van der Waals surface area contributed by atoms with Crippen LogP contribution in [0.15, 0.2) is 5.10 Å². The van der Waals surface area contributed by atoms with E-state index in [1.54, 1.807) is 0 Å². The summed E-state index contributed by atoms with van der Waals surface area (Å²) in [5, 5.41) is 6.88. The predicted molar refractivity (Wildman–Crippen MR) is 75.9 cm³/mol. The number of amides is 2. The fourth-order valence-corrected chi connectivity index (χ4v) is 4.34. The van der Waals surface area contributed by atoms with Crippen LogP contribution in [0.25, 0.3) is 0 Å². The second-order valence-corrected chi connectivity index (χ2v) is 6.91. The molecule has 0 unspecified atom stereocenters. The second kappa shape index (κ2) is 5.19. The molecule has 0 aromatic heterocycles. The van der Waals surface area contributed by atoms with Gasteiger partial charge in [-0.3, -0.25) is 9.59 Å². The minimum Gasteiger partial charge on any atom is -0.346 e. The minimum absolute atomic E-state index is 0.0397. The van der Waals surface area contributed by atoms with E-state index in [4.69, 9.17) is 0 Å². The summed E-state index contributed by atoms with van der Waals surface area (Å²) in [6.45, 7) is 3.66. The van der Waals surface area contributed by atoms with Gasteiger partial charge < -0.3 is 5.32 Å². The second-order valence-electron chi connectivity index (χ2n) is 6.91. The van der Waals surface area contributed by atoms with Crippen LogP contribution in [0.3, 0.4) is 0 Å². The van der Waals surface area contributed by atoms with Gasteiger partial charge in [-0.1, -0.05) is 0 Å². The zero-order chi connectivity index (χ0) is 14.3. The predicted octanol–water partition coefficient (Wildman–Crippen LogP) is 1.44. The Bertz CT molecular complexity index is 426. The first kappa shape index (κ1) is 13.6. The van der Waals surface area contributed by atoms with E-state index in [2.05, 4.69) is 15.8 Å². The van der Waals surface area contributed by atoms with Crippen LogP contribution in [0, 0.1) is 23.7 Å². The topological polar surface area (TPSA) is 70.6 Å². The third-order valence-electron chi connectivity index (χ3n) is 4.89. The number of carbonyl (C=O) groups excluding carboxylic acids is 2. The van der Waals surface area contributed by atoms with Crippen LogP contribution in [-0.2, 0) is 9.59 Å². The summed E-state index contributed by atoms with van der Waals surface area (Å²) in [5.74, 6) is 1.57. The Morgan fingerprint density at radius 2 is 1.55 bits per heavy atom. The van der Waals surface area contributed by atoms with Crippen molar-refractivity contribution in [3.8, 4) is 0 Å². The van der Waals surface area contributed by atoms with E-state index in [-0.39, 0.29) is 6.04 Å². The first-order chi connectivity index (χ1) is 9.52. The third-order valence-corrected chi connectivity index (χ3v) is 4.89. The van der Waals surface area contributed by atoms with Crippen molar-refractivity contribution in [2.75, 3.05) is 0 Å². The van der Waals surface area contributed by atoms with Gasteiger partial charge in [0.2, 0.25) is 0 Å². The standard InChI is InChI=1S/C15H23N3O2/c1-8(2)16-14(19)15(20)18-17-13-11-4-9-3-10(6-11)7-12(13)5-9/h8-12H,3-7H2,1-2H3,(H,16,19)(H,18,20). The molecule has 0 aromatic rings. The van der Waals surface area contributed by atoms with Crippen molar-refractivity contribution in [2.24, 2.45) is 28.8 Å². The Balaban J connectivity index is 1.62. The van der Waals surface area contributed by atoms with Gasteiger partial charge in [0.05, 0.1) is 0 Å². The van der Waals surface area contributed by atoms with E-state index in [1.807, 2.05) is 13.8 Å². The molecule has 0 atom stereocenters. The van der Waals surface area contributed by atoms with Gasteiger partial charge in [-0.05, 0) is 69.6 Å². The number of carbonyl (C=O) groups is 2. The SMILES string of the molecule is CC(C)NC(=O)C(=O)NN=C1C2CC3CC(C2)CC1C3. The molecule has 0 heterocycles. The molecule has 110 valence electrons. The highest BCUT2D eigenvalue weighted by Crippen LogP contribution is 2.52. The van der Waals surface area contributed by atoms with Crippen LogP contribution >= 0.6 is 0 Å². The van der Waals surface area contributed by atoms with Crippen molar-refractivity contribution in [2.45, 2.75) is 52.0 Å². The van der Waals surface area contributed by atoms with E-state index < -0.39 is 11.8 Å². The van der Waals surface area contributed by atoms with Crippen molar-refractivity contribution < 1.29 is 9.59 Å². The monoisotopic (exact) mass is 277 g/mol. The Hall–Kier alpha value is -1.39. The molecule has 0 spiro atoms. The highest BCUT2D eigenvalue weighted by Gasteiger charge is 2.46. The van der Waals surface area contributed by atoms with E-state index in [0.717, 1.165) is 17.5 Å². The summed E-state index contributed by atoms with van der Waals surface area (Å²) >= 11 is 0. The summed E-state index contributed by atoms with van der Waals surface area (Å²) in [6, 6.07) is -0.0397. The lowest BCUT2D eigenvalue weighted by molar-refractivity contribution is -0.139. The Morgan fingerprint density at radius 3 is 2.05 bits per heavy atom. The van der Waals surface area contributed by atoms with Gasteiger partial charge in [-0.2, -0.15) is 5.10 Å². The largest absolute Gasteiger partial charge is 0.346 e. The van der Waals surface area contributed by atoms with Crippen LogP contribution in [0.5, 0.6) is 0 Å². The highest BCUT2D eigenvalue weighted by molar-refractivity contribution is 6.35. The summed E-state index contributed by atoms with van der Waals surface area (Å²) in [7, 11) is 0. The fourth-order valence-electron chi connectivity index (χ4n) is 4.34. The molecule has 4 bridgehead atoms. The lowest BCUT2D eigenvalue weighted by Crippen LogP contribution is -2.47. The minimum atomic E-state index is -0.653. The number of nitrogens with one attached hydrogen (secondary N) is 2. The molecular weight excluding hydrogens is 254 g/mol. The zero-order valence-electron chi connectivity index (χ0n) is 12.2. The van der Waals surface area contributed by atoms with Gasteiger partial charge >= 0.3 is 11.8 Å². The van der Waals surface area contributed by atoms with Crippen LogP contribution in [0.2, 0.25) is 0 Å². The van der Waals surface area contributed by atoms with Crippen molar-refractivity contribution in [3.05, 3.63) is 0 Å². The van der Waals surface area contributed by atoms with Crippen molar-refractivity contribution >= 4 is 17.5 Å². The van der Waals surface area contributed by atoms with Crippen LogP contribution in [0.1, 0.15) is 46.0 Å². The number of hydrazone groups is 1. The van der Waals surface area contributed by atoms with Crippen LogP contribution < -0.4 is 10.7 Å². The average molecular weight is 277 g/mol. The molecule has 0 radical (unpaired) electrons. The van der Waals surface area contributed by atoms with Crippen LogP contribution in [0.4, 0.5) is 0 Å². The van der Waals surface area contributed by atoms with Gasteiger partial charge in [-0.25, -0.2) is 5.43 Å². The fraction of sp³-hybridized carbons (Fsp3) is 0.800. The molecule has 2 N–H and O–H groups in total. The maximum atomic E-state index is 11.7. The number of hydrogen-bond acceptors (Lipinski definition) is 3. The molecule has 5 heteroatoms. The molecule has 4 rings (SSSR count). The van der Waals surface area contributed by atoms with Crippen molar-refractivity contribution in [3.63, 3.8) is 0 Å². The molecule has 0 saturated heterocycles. The molecule has 2 amide bonds. The Kier molecular flexibility index (Phi) is 3.52. The number of rotatable bonds is 2. The molecule has 20 heavy (non-hydrogen) atoms. The van der Waals surface area contributed by atoms with Crippen LogP contribution in [-0.4, -0.2) is 23.6 Å². The highest BCUT2D eigenvalue weighted by atomic mass is 16.2. The maximum absolute atomic E-state index is 11.7. The molecule has 4 fully saturated rings. The maximum Gasteiger partial charge on any atom is 0.329 e. The first-order valence-corrected chi connectivity index (χ1v) is 7.71. The van der Waals surface area contributed by atoms with E-state index in [1.165, 1.54) is 32.1 Å². The Morgan fingerprint density at radius 1 is 1.00 bits per heavy atom. The van der Waals surface area contributed by atoms with Gasteiger partial charge in [0.25, 0.3) is 0 Å². The summed E-state index contributed by atoms with van der Waals surface area (Å²) < 4.78 is 0. The smallest absolute Gasteiger partial charge is 0.329 e. The average Bonchev–Trinajstić information content (AvgIpc) is 2.35. The van der Waals surface area contributed by atoms with E-state index in [9.17, 15) is 9.59 Å². The third kappa shape index (κ3) is 2.58. The molecule has 4 aliphatic rings. The van der Waals surface area contributed by atoms with Crippen molar-refractivity contribution in [1.29, 1.82) is 0 Å². The van der Waals surface area contributed by atoms with E-state index >= 15 is 0 Å². The summed E-state index contributed by atoms with van der Waals surface area (Å²) in [6.07, 6.45) is 6.28. The lowest BCUT2D eigenvalue weighted by Gasteiger charge is -2.50. The quantitative estimate of drug-likeness (QED) is 0.592. The molecular formula is C15H23N3O2. The van der Waals surface area contributed by atoms with Gasteiger partial charge in [-0.15, -0.1) is 0 Å². The zero-order valence-corrected chi connectivity index (χ0v) is 12.2. The van der Waals surface area contributed by atoms with E-state index in [0.29, 0.717) is 11.8 Å².